The fourth-order valence-corrected chi connectivity index (χ4v) is 2.45. The fourth-order valence-electron chi connectivity index (χ4n) is 2.45. The van der Waals surface area contributed by atoms with Gasteiger partial charge in [-0.05, 0) is 26.0 Å². The molecule has 0 fully saturated rings. The van der Waals surface area contributed by atoms with E-state index in [0.29, 0.717) is 5.95 Å². The van der Waals surface area contributed by atoms with Gasteiger partial charge in [0.15, 0.2) is 5.65 Å². The number of nitrogen functional groups attached to an aromatic ring is 1. The van der Waals surface area contributed by atoms with E-state index in [9.17, 15) is 0 Å². The molecule has 0 aliphatic rings. The summed E-state index contributed by atoms with van der Waals surface area (Å²) in [6.45, 7) is 3.99. The third-order valence-electron chi connectivity index (χ3n) is 3.37. The summed E-state index contributed by atoms with van der Waals surface area (Å²) in [4.78, 5) is 8.79. The van der Waals surface area contributed by atoms with E-state index in [1.807, 2.05) is 41.4 Å². The lowest BCUT2D eigenvalue weighted by molar-refractivity contribution is 0.621. The number of aryl methyl sites for hydroxylation is 2. The molecular formula is C13H16N6. The molecule has 0 saturated carbocycles. The Morgan fingerprint density at radius 1 is 1.32 bits per heavy atom. The summed E-state index contributed by atoms with van der Waals surface area (Å²) in [6, 6.07) is 5.87. The van der Waals surface area contributed by atoms with Crippen molar-refractivity contribution < 1.29 is 0 Å². The van der Waals surface area contributed by atoms with E-state index in [2.05, 4.69) is 22.0 Å². The zero-order valence-corrected chi connectivity index (χ0v) is 11.2. The normalized spacial score (nSPS) is 13.0. The minimum Gasteiger partial charge on any atom is -0.369 e. The van der Waals surface area contributed by atoms with E-state index in [-0.39, 0.29) is 6.04 Å². The predicted octanol–water partition coefficient (Wildman–Crippen LogP) is 1.66. The Balaban J connectivity index is 2.22. The van der Waals surface area contributed by atoms with Crippen LogP contribution in [0.2, 0.25) is 0 Å². The Bertz CT molecular complexity index is 725. The van der Waals surface area contributed by atoms with Crippen molar-refractivity contribution in [3.63, 3.8) is 0 Å². The van der Waals surface area contributed by atoms with Crippen molar-refractivity contribution in [3.8, 4) is 0 Å². The molecule has 0 spiro atoms. The van der Waals surface area contributed by atoms with Crippen LogP contribution >= 0.6 is 0 Å². The van der Waals surface area contributed by atoms with Gasteiger partial charge in [0.1, 0.15) is 5.52 Å². The third kappa shape index (κ3) is 1.68. The maximum atomic E-state index is 6.06. The maximum absolute atomic E-state index is 6.06. The zero-order valence-electron chi connectivity index (χ0n) is 11.2. The molecule has 0 aliphatic heterocycles. The van der Waals surface area contributed by atoms with Gasteiger partial charge in [0.2, 0.25) is 5.95 Å². The van der Waals surface area contributed by atoms with Gasteiger partial charge in [-0.15, -0.1) is 0 Å². The van der Waals surface area contributed by atoms with Crippen molar-refractivity contribution in [2.24, 2.45) is 7.05 Å². The molecule has 19 heavy (non-hydrogen) atoms. The van der Waals surface area contributed by atoms with Crippen LogP contribution < -0.4 is 5.73 Å². The monoisotopic (exact) mass is 256 g/mol. The summed E-state index contributed by atoms with van der Waals surface area (Å²) in [5.41, 5.74) is 9.67. The highest BCUT2D eigenvalue weighted by Crippen LogP contribution is 2.27. The second kappa shape index (κ2) is 4.08. The number of fused-ring (bicyclic) bond motifs is 1. The van der Waals surface area contributed by atoms with Crippen molar-refractivity contribution in [3.05, 3.63) is 35.8 Å². The molecule has 0 aromatic carbocycles. The van der Waals surface area contributed by atoms with Crippen molar-refractivity contribution >= 4 is 17.1 Å². The van der Waals surface area contributed by atoms with Gasteiger partial charge in [0, 0.05) is 13.2 Å². The molecular weight excluding hydrogens is 240 g/mol. The Hall–Kier alpha value is -2.37. The van der Waals surface area contributed by atoms with Crippen LogP contribution in [-0.2, 0) is 7.05 Å². The molecule has 98 valence electrons. The Morgan fingerprint density at radius 2 is 2.11 bits per heavy atom. The first-order valence-corrected chi connectivity index (χ1v) is 6.17. The highest BCUT2D eigenvalue weighted by Gasteiger charge is 2.20. The van der Waals surface area contributed by atoms with Gasteiger partial charge in [-0.25, -0.2) is 4.98 Å². The summed E-state index contributed by atoms with van der Waals surface area (Å²) in [6.07, 6.45) is 1.78. The number of nitrogens with zero attached hydrogens (tertiary/aromatic N) is 5. The van der Waals surface area contributed by atoms with Gasteiger partial charge in [-0.3, -0.25) is 14.2 Å². The maximum Gasteiger partial charge on any atom is 0.203 e. The zero-order chi connectivity index (χ0) is 13.6. The van der Waals surface area contributed by atoms with Crippen LogP contribution in [-0.4, -0.2) is 24.3 Å². The third-order valence-corrected chi connectivity index (χ3v) is 3.37. The summed E-state index contributed by atoms with van der Waals surface area (Å²) in [7, 11) is 1.90. The first-order valence-electron chi connectivity index (χ1n) is 6.17. The number of nitrogens with two attached hydrogens (primary N) is 1. The predicted molar refractivity (Wildman–Crippen MR) is 73.7 cm³/mol. The van der Waals surface area contributed by atoms with Crippen molar-refractivity contribution in [1.29, 1.82) is 0 Å². The van der Waals surface area contributed by atoms with Crippen molar-refractivity contribution in [2.75, 3.05) is 5.73 Å². The number of imidazole rings is 1. The molecule has 1 atom stereocenters. The lowest BCUT2D eigenvalue weighted by atomic mass is 10.2. The Morgan fingerprint density at radius 3 is 2.79 bits per heavy atom. The van der Waals surface area contributed by atoms with Gasteiger partial charge >= 0.3 is 0 Å². The number of rotatable bonds is 2. The molecule has 3 heterocycles. The molecule has 6 nitrogen and oxygen atoms in total. The Kier molecular flexibility index (Phi) is 2.51. The molecule has 6 heteroatoms. The van der Waals surface area contributed by atoms with Crippen LogP contribution in [0, 0.1) is 6.92 Å². The number of pyridine rings is 1. The standard InChI is InChI=1S/C13H16N6/c1-8-11-12(18(3)17-8)19(13(14)16-11)9(2)10-6-4-5-7-15-10/h4-7,9H,1-3H3,(H2,14,16). The molecule has 0 aliphatic carbocycles. The lowest BCUT2D eigenvalue weighted by Crippen LogP contribution is -2.13. The number of hydrogen-bond acceptors (Lipinski definition) is 4. The van der Waals surface area contributed by atoms with Crippen LogP contribution in [0.3, 0.4) is 0 Å². The van der Waals surface area contributed by atoms with Crippen LogP contribution in [0.15, 0.2) is 24.4 Å². The summed E-state index contributed by atoms with van der Waals surface area (Å²) in [5, 5.41) is 4.39. The molecule has 1 unspecified atom stereocenters. The topological polar surface area (TPSA) is 74.6 Å². The number of anilines is 1. The fraction of sp³-hybridized carbons (Fsp3) is 0.308. The second-order valence-electron chi connectivity index (χ2n) is 4.65. The Labute approximate surface area is 110 Å². The first-order chi connectivity index (χ1) is 9.09. The first kappa shape index (κ1) is 11.7. The lowest BCUT2D eigenvalue weighted by Gasteiger charge is -2.15. The number of hydrogen-bond donors (Lipinski definition) is 1. The summed E-state index contributed by atoms with van der Waals surface area (Å²) >= 11 is 0. The van der Waals surface area contributed by atoms with Crippen LogP contribution in [0.25, 0.3) is 11.2 Å². The van der Waals surface area contributed by atoms with Crippen molar-refractivity contribution in [1.82, 2.24) is 24.3 Å². The SMILES string of the molecule is Cc1nn(C)c2c1nc(N)n2C(C)c1ccccn1. The van der Waals surface area contributed by atoms with E-state index in [1.54, 1.807) is 6.20 Å². The van der Waals surface area contributed by atoms with E-state index in [1.165, 1.54) is 0 Å². The molecule has 2 N–H and O–H groups in total. The summed E-state index contributed by atoms with van der Waals surface area (Å²) in [5.74, 6) is 0.490. The summed E-state index contributed by atoms with van der Waals surface area (Å²) < 4.78 is 3.78. The molecule has 0 bridgehead atoms. The minimum absolute atomic E-state index is 0.0148. The highest BCUT2D eigenvalue weighted by molar-refractivity contribution is 5.77. The van der Waals surface area contributed by atoms with E-state index in [0.717, 1.165) is 22.6 Å². The minimum atomic E-state index is 0.0148. The van der Waals surface area contributed by atoms with E-state index < -0.39 is 0 Å². The molecule has 0 radical (unpaired) electrons. The largest absolute Gasteiger partial charge is 0.369 e. The van der Waals surface area contributed by atoms with Gasteiger partial charge in [0.25, 0.3) is 0 Å². The number of aromatic nitrogens is 5. The van der Waals surface area contributed by atoms with Crippen LogP contribution in [0.1, 0.15) is 24.4 Å². The molecule has 0 saturated heterocycles. The van der Waals surface area contributed by atoms with Gasteiger partial charge in [-0.2, -0.15) is 5.10 Å². The quantitative estimate of drug-likeness (QED) is 0.756. The van der Waals surface area contributed by atoms with E-state index >= 15 is 0 Å². The van der Waals surface area contributed by atoms with E-state index in [4.69, 9.17) is 5.73 Å². The average molecular weight is 256 g/mol. The van der Waals surface area contributed by atoms with Gasteiger partial charge in [-0.1, -0.05) is 6.07 Å². The molecule has 3 rings (SSSR count). The molecule has 0 amide bonds. The van der Waals surface area contributed by atoms with Crippen molar-refractivity contribution in [2.45, 2.75) is 19.9 Å². The van der Waals surface area contributed by atoms with Gasteiger partial charge in [0.05, 0.1) is 17.4 Å². The molecule has 3 aromatic heterocycles. The van der Waals surface area contributed by atoms with Crippen LogP contribution in [0.5, 0.6) is 0 Å². The highest BCUT2D eigenvalue weighted by atomic mass is 15.4. The second-order valence-corrected chi connectivity index (χ2v) is 4.65. The average Bonchev–Trinajstić information content (AvgIpc) is 2.88. The van der Waals surface area contributed by atoms with Gasteiger partial charge < -0.3 is 5.73 Å². The smallest absolute Gasteiger partial charge is 0.203 e. The van der Waals surface area contributed by atoms with Crippen LogP contribution in [0.4, 0.5) is 5.95 Å². The molecule has 3 aromatic rings.